The van der Waals surface area contributed by atoms with Gasteiger partial charge >= 0.3 is 0 Å². The topological polar surface area (TPSA) is 65.0 Å². The average Bonchev–Trinajstić information content (AvgIpc) is 2.58. The van der Waals surface area contributed by atoms with Crippen molar-refractivity contribution in [2.45, 2.75) is 31.3 Å². The van der Waals surface area contributed by atoms with Crippen LogP contribution in [0.4, 0.5) is 0 Å². The molecule has 0 radical (unpaired) electrons. The number of unbranched alkanes of at least 4 members (excludes halogenated alkanes) is 1. The number of hydrogen-bond donors (Lipinski definition) is 0. The lowest BCUT2D eigenvalue weighted by atomic mass is 10.2. The van der Waals surface area contributed by atoms with Gasteiger partial charge in [-0.2, -0.15) is 8.42 Å². The maximum atomic E-state index is 12.0. The van der Waals surface area contributed by atoms with Gasteiger partial charge in [-0.3, -0.25) is 4.18 Å². The highest BCUT2D eigenvalue weighted by Gasteiger charge is 2.13. The third-order valence-corrected chi connectivity index (χ3v) is 4.58. The van der Waals surface area contributed by atoms with Gasteiger partial charge < -0.3 is 4.84 Å². The number of nitrogens with zero attached hydrogens (tertiary/aromatic N) is 1. The predicted molar refractivity (Wildman–Crippen MR) is 93.3 cm³/mol. The van der Waals surface area contributed by atoms with E-state index < -0.39 is 10.1 Å². The molecule has 24 heavy (non-hydrogen) atoms. The van der Waals surface area contributed by atoms with Crippen LogP contribution in [0.3, 0.4) is 0 Å². The van der Waals surface area contributed by atoms with E-state index in [0.29, 0.717) is 19.4 Å². The number of rotatable bonds is 9. The summed E-state index contributed by atoms with van der Waals surface area (Å²) in [6.45, 7) is 2.42. The van der Waals surface area contributed by atoms with Gasteiger partial charge in [-0.05, 0) is 37.5 Å². The van der Waals surface area contributed by atoms with E-state index >= 15 is 0 Å². The van der Waals surface area contributed by atoms with Crippen molar-refractivity contribution in [2.75, 3.05) is 6.61 Å². The molecule has 0 spiro atoms. The fourth-order valence-electron chi connectivity index (χ4n) is 1.91. The quantitative estimate of drug-likeness (QED) is 0.300. The molecular formula is C18H21NO4S. The average molecular weight is 347 g/mol. The molecule has 6 heteroatoms. The highest BCUT2D eigenvalue weighted by molar-refractivity contribution is 7.86. The number of hydrogen-bond acceptors (Lipinski definition) is 5. The summed E-state index contributed by atoms with van der Waals surface area (Å²) in [4.78, 5) is 5.33. The molecular weight excluding hydrogens is 326 g/mol. The summed E-state index contributed by atoms with van der Waals surface area (Å²) < 4.78 is 28.9. The highest BCUT2D eigenvalue weighted by atomic mass is 32.2. The van der Waals surface area contributed by atoms with Crippen LogP contribution in [0.1, 0.15) is 24.0 Å². The maximum absolute atomic E-state index is 12.0. The first kappa shape index (κ1) is 18.2. The first-order valence-electron chi connectivity index (χ1n) is 7.72. The van der Waals surface area contributed by atoms with Gasteiger partial charge in [0.25, 0.3) is 10.1 Å². The van der Waals surface area contributed by atoms with E-state index in [1.807, 2.05) is 37.3 Å². The summed E-state index contributed by atoms with van der Waals surface area (Å²) in [5.74, 6) is 0. The minimum absolute atomic E-state index is 0.112. The second-order valence-electron chi connectivity index (χ2n) is 5.28. The van der Waals surface area contributed by atoms with Gasteiger partial charge in [0.15, 0.2) is 0 Å². The van der Waals surface area contributed by atoms with Crippen LogP contribution in [0.5, 0.6) is 0 Å². The van der Waals surface area contributed by atoms with Crippen LogP contribution in [0, 0.1) is 6.92 Å². The minimum atomic E-state index is -3.69. The summed E-state index contributed by atoms with van der Waals surface area (Å²) in [7, 11) is -3.69. The van der Waals surface area contributed by atoms with Crippen LogP contribution in [-0.4, -0.2) is 21.2 Å². The Hall–Kier alpha value is -2.18. The third-order valence-electron chi connectivity index (χ3n) is 3.25. The minimum Gasteiger partial charge on any atom is -0.391 e. The predicted octanol–water partition coefficient (Wildman–Crippen LogP) is 3.68. The SMILES string of the molecule is Cc1ccc(S(=O)(=O)OCCC/C=N/OCc2ccccc2)cc1. The van der Waals surface area contributed by atoms with Crippen LogP contribution in [0.15, 0.2) is 64.6 Å². The largest absolute Gasteiger partial charge is 0.391 e. The van der Waals surface area contributed by atoms with E-state index in [1.165, 1.54) is 0 Å². The Morgan fingerprint density at radius 1 is 1.04 bits per heavy atom. The monoisotopic (exact) mass is 347 g/mol. The lowest BCUT2D eigenvalue weighted by Gasteiger charge is -2.05. The van der Waals surface area contributed by atoms with E-state index in [2.05, 4.69) is 5.16 Å². The van der Waals surface area contributed by atoms with Gasteiger partial charge in [-0.1, -0.05) is 53.2 Å². The molecule has 2 rings (SSSR count). The third kappa shape index (κ3) is 6.14. The zero-order valence-corrected chi connectivity index (χ0v) is 14.4. The standard InChI is InChI=1S/C18H21NO4S/c1-16-9-11-18(12-10-16)24(20,21)23-14-6-5-13-19-22-15-17-7-3-2-4-8-17/h2-4,7-13H,5-6,14-15H2,1H3/b19-13+. The molecule has 5 nitrogen and oxygen atoms in total. The van der Waals surface area contributed by atoms with Crippen molar-refractivity contribution in [1.82, 2.24) is 0 Å². The summed E-state index contributed by atoms with van der Waals surface area (Å²) >= 11 is 0. The summed E-state index contributed by atoms with van der Waals surface area (Å²) in [5, 5.41) is 3.84. The van der Waals surface area contributed by atoms with Crippen LogP contribution in [0.25, 0.3) is 0 Å². The van der Waals surface area contributed by atoms with Gasteiger partial charge in [-0.15, -0.1) is 0 Å². The van der Waals surface area contributed by atoms with E-state index in [4.69, 9.17) is 9.02 Å². The Labute approximate surface area is 143 Å². The van der Waals surface area contributed by atoms with Crippen molar-refractivity contribution >= 4 is 16.3 Å². The zero-order valence-electron chi connectivity index (χ0n) is 13.6. The molecule has 0 atom stereocenters. The van der Waals surface area contributed by atoms with Crippen molar-refractivity contribution in [3.8, 4) is 0 Å². The Kier molecular flexibility index (Phi) is 6.96. The molecule has 0 N–H and O–H groups in total. The Balaban J connectivity index is 1.64. The van der Waals surface area contributed by atoms with E-state index in [0.717, 1.165) is 11.1 Å². The van der Waals surface area contributed by atoms with E-state index in [1.54, 1.807) is 30.5 Å². The molecule has 2 aromatic carbocycles. The molecule has 0 fully saturated rings. The molecule has 0 heterocycles. The van der Waals surface area contributed by atoms with Crippen LogP contribution >= 0.6 is 0 Å². The molecule has 0 aliphatic rings. The second-order valence-corrected chi connectivity index (χ2v) is 6.89. The molecule has 0 aliphatic heterocycles. The van der Waals surface area contributed by atoms with Gasteiger partial charge in [0.1, 0.15) is 6.61 Å². The number of benzene rings is 2. The maximum Gasteiger partial charge on any atom is 0.296 e. The normalized spacial score (nSPS) is 11.7. The Morgan fingerprint density at radius 2 is 1.75 bits per heavy atom. The van der Waals surface area contributed by atoms with Gasteiger partial charge in [0.2, 0.25) is 0 Å². The van der Waals surface area contributed by atoms with Crippen LogP contribution in [-0.2, 0) is 25.7 Å². The zero-order chi connectivity index (χ0) is 17.3. The van der Waals surface area contributed by atoms with Gasteiger partial charge in [0, 0.05) is 6.21 Å². The molecule has 0 aromatic heterocycles. The fourth-order valence-corrected chi connectivity index (χ4v) is 2.85. The molecule has 128 valence electrons. The van der Waals surface area contributed by atoms with Gasteiger partial charge in [-0.25, -0.2) is 0 Å². The Bertz CT molecular complexity index is 740. The molecule has 0 saturated heterocycles. The number of aryl methyl sites for hydroxylation is 1. The summed E-state index contributed by atoms with van der Waals surface area (Å²) in [6, 6.07) is 16.3. The van der Waals surface area contributed by atoms with Crippen molar-refractivity contribution in [3.05, 3.63) is 65.7 Å². The smallest absolute Gasteiger partial charge is 0.296 e. The van der Waals surface area contributed by atoms with Crippen molar-refractivity contribution in [2.24, 2.45) is 5.16 Å². The Morgan fingerprint density at radius 3 is 2.46 bits per heavy atom. The lowest BCUT2D eigenvalue weighted by molar-refractivity contribution is 0.131. The fraction of sp³-hybridized carbons (Fsp3) is 0.278. The second kappa shape index (κ2) is 9.20. The van der Waals surface area contributed by atoms with Crippen molar-refractivity contribution in [1.29, 1.82) is 0 Å². The first-order chi connectivity index (χ1) is 11.6. The first-order valence-corrected chi connectivity index (χ1v) is 9.12. The number of oxime groups is 1. The summed E-state index contributed by atoms with van der Waals surface area (Å²) in [5.41, 5.74) is 2.04. The van der Waals surface area contributed by atoms with Crippen molar-refractivity contribution < 1.29 is 17.4 Å². The molecule has 0 amide bonds. The van der Waals surface area contributed by atoms with E-state index in [-0.39, 0.29) is 11.5 Å². The summed E-state index contributed by atoms with van der Waals surface area (Å²) in [6.07, 6.45) is 2.74. The van der Waals surface area contributed by atoms with Gasteiger partial charge in [0.05, 0.1) is 11.5 Å². The molecule has 0 bridgehead atoms. The van der Waals surface area contributed by atoms with E-state index in [9.17, 15) is 8.42 Å². The molecule has 0 saturated carbocycles. The van der Waals surface area contributed by atoms with Crippen LogP contribution < -0.4 is 0 Å². The molecule has 0 unspecified atom stereocenters. The molecule has 2 aromatic rings. The highest BCUT2D eigenvalue weighted by Crippen LogP contribution is 2.13. The lowest BCUT2D eigenvalue weighted by Crippen LogP contribution is -2.07. The molecule has 0 aliphatic carbocycles. The van der Waals surface area contributed by atoms with Crippen molar-refractivity contribution in [3.63, 3.8) is 0 Å². The van der Waals surface area contributed by atoms with Crippen LogP contribution in [0.2, 0.25) is 0 Å².